The summed E-state index contributed by atoms with van der Waals surface area (Å²) in [5.74, 6) is -0.0803. The summed E-state index contributed by atoms with van der Waals surface area (Å²) in [5.41, 5.74) is 2.76. The highest BCUT2D eigenvalue weighted by Crippen LogP contribution is 2.21. The van der Waals surface area contributed by atoms with E-state index in [9.17, 15) is 9.59 Å². The Kier molecular flexibility index (Phi) is 7.40. The summed E-state index contributed by atoms with van der Waals surface area (Å²) < 4.78 is 18.0. The Balaban J connectivity index is 2.02. The van der Waals surface area contributed by atoms with Crippen molar-refractivity contribution in [3.63, 3.8) is 0 Å². The van der Waals surface area contributed by atoms with Crippen LogP contribution in [0.15, 0.2) is 30.3 Å². The first kappa shape index (κ1) is 21.7. The first-order valence-electron chi connectivity index (χ1n) is 9.39. The predicted molar refractivity (Wildman–Crippen MR) is 107 cm³/mol. The number of rotatable bonds is 9. The zero-order valence-electron chi connectivity index (χ0n) is 17.4. The summed E-state index contributed by atoms with van der Waals surface area (Å²) in [7, 11) is 1.65. The molecule has 152 valence electrons. The fourth-order valence-corrected chi connectivity index (χ4v) is 3.29. The monoisotopic (exact) mass is 387 g/mol. The van der Waals surface area contributed by atoms with Crippen LogP contribution in [0.25, 0.3) is 0 Å². The van der Waals surface area contributed by atoms with Crippen LogP contribution < -0.4 is 4.74 Å². The summed E-state index contributed by atoms with van der Waals surface area (Å²) in [6, 6.07) is 8.62. The van der Waals surface area contributed by atoms with Crippen LogP contribution in [0.5, 0.6) is 5.75 Å². The van der Waals surface area contributed by atoms with E-state index in [-0.39, 0.29) is 24.5 Å². The van der Waals surface area contributed by atoms with Gasteiger partial charge < -0.3 is 18.8 Å². The number of benzene rings is 1. The van der Waals surface area contributed by atoms with Gasteiger partial charge in [0.15, 0.2) is 6.61 Å². The minimum absolute atomic E-state index is 0.0565. The zero-order chi connectivity index (χ0) is 20.8. The van der Waals surface area contributed by atoms with E-state index in [1.54, 1.807) is 31.4 Å². The maximum Gasteiger partial charge on any atom is 0.338 e. The maximum absolute atomic E-state index is 12.6. The molecule has 0 saturated heterocycles. The topological polar surface area (TPSA) is 66.8 Å². The average molecular weight is 387 g/mol. The molecule has 0 fully saturated rings. The van der Waals surface area contributed by atoms with E-state index < -0.39 is 5.97 Å². The molecule has 0 aliphatic rings. The van der Waals surface area contributed by atoms with Crippen LogP contribution in [-0.4, -0.2) is 42.7 Å². The van der Waals surface area contributed by atoms with Crippen molar-refractivity contribution in [1.82, 2.24) is 4.57 Å². The number of nitrogens with zero attached hydrogens (tertiary/aromatic N) is 1. The molecule has 1 unspecified atom stereocenters. The number of hydrogen-bond acceptors (Lipinski definition) is 5. The largest absolute Gasteiger partial charge is 0.491 e. The molecule has 1 heterocycles. The second-order valence-corrected chi connectivity index (χ2v) is 7.15. The normalized spacial score (nSPS) is 12.1. The van der Waals surface area contributed by atoms with Crippen LogP contribution in [0.1, 0.15) is 58.9 Å². The highest BCUT2D eigenvalue weighted by atomic mass is 16.5. The van der Waals surface area contributed by atoms with Gasteiger partial charge in [-0.15, -0.1) is 0 Å². The fourth-order valence-electron chi connectivity index (χ4n) is 3.29. The number of methoxy groups -OCH3 is 1. The standard InChI is InChI=1S/C22H29NO5/c1-14(2)28-19-9-7-18(8-10-19)22(25)27-13-21(24)20-11-15(3)23(17(20)5)16(4)12-26-6/h7-11,14,16H,12-13H2,1-6H3. The summed E-state index contributed by atoms with van der Waals surface area (Å²) in [6.07, 6.45) is 0.0565. The highest BCUT2D eigenvalue weighted by Gasteiger charge is 2.20. The Morgan fingerprint density at radius 1 is 1.07 bits per heavy atom. The van der Waals surface area contributed by atoms with Gasteiger partial charge in [-0.1, -0.05) is 0 Å². The SMILES string of the molecule is COCC(C)n1c(C)cc(C(=O)COC(=O)c2ccc(OC(C)C)cc2)c1C. The summed E-state index contributed by atoms with van der Waals surface area (Å²) in [5, 5.41) is 0. The molecule has 28 heavy (non-hydrogen) atoms. The molecule has 0 spiro atoms. The van der Waals surface area contributed by atoms with Gasteiger partial charge in [0.2, 0.25) is 5.78 Å². The lowest BCUT2D eigenvalue weighted by Crippen LogP contribution is -2.17. The Bertz CT molecular complexity index is 820. The fraction of sp³-hybridized carbons (Fsp3) is 0.455. The van der Waals surface area contributed by atoms with Crippen LogP contribution in [0, 0.1) is 13.8 Å². The Labute approximate surface area is 166 Å². The number of ketones is 1. The number of carbonyl (C=O) groups is 2. The van der Waals surface area contributed by atoms with Crippen molar-refractivity contribution in [3.8, 4) is 5.75 Å². The molecular formula is C22H29NO5. The van der Waals surface area contributed by atoms with Crippen molar-refractivity contribution in [2.45, 2.75) is 46.8 Å². The lowest BCUT2D eigenvalue weighted by Gasteiger charge is -2.17. The molecule has 2 rings (SSSR count). The zero-order valence-corrected chi connectivity index (χ0v) is 17.4. The van der Waals surface area contributed by atoms with Gasteiger partial charge in [0.1, 0.15) is 5.75 Å². The molecule has 0 aliphatic heterocycles. The lowest BCUT2D eigenvalue weighted by molar-refractivity contribution is 0.0474. The maximum atomic E-state index is 12.6. The number of hydrogen-bond donors (Lipinski definition) is 0. The first-order valence-corrected chi connectivity index (χ1v) is 9.39. The van der Waals surface area contributed by atoms with Gasteiger partial charge in [-0.25, -0.2) is 4.79 Å². The molecule has 0 bridgehead atoms. The van der Waals surface area contributed by atoms with E-state index >= 15 is 0 Å². The number of carbonyl (C=O) groups excluding carboxylic acids is 2. The van der Waals surface area contributed by atoms with Crippen molar-refractivity contribution in [2.75, 3.05) is 20.3 Å². The molecule has 2 aromatic rings. The molecule has 1 aromatic heterocycles. The molecule has 0 aliphatic carbocycles. The third-order valence-corrected chi connectivity index (χ3v) is 4.43. The Morgan fingerprint density at radius 2 is 1.71 bits per heavy atom. The van der Waals surface area contributed by atoms with Crippen LogP contribution >= 0.6 is 0 Å². The minimum atomic E-state index is -0.536. The highest BCUT2D eigenvalue weighted by molar-refractivity contribution is 6.00. The molecule has 0 saturated carbocycles. The van der Waals surface area contributed by atoms with Crippen LogP contribution in [0.4, 0.5) is 0 Å². The van der Waals surface area contributed by atoms with Gasteiger partial charge in [-0.2, -0.15) is 0 Å². The van der Waals surface area contributed by atoms with E-state index in [1.165, 1.54) is 0 Å². The van der Waals surface area contributed by atoms with Crippen molar-refractivity contribution in [3.05, 3.63) is 52.8 Å². The van der Waals surface area contributed by atoms with Gasteiger partial charge in [-0.3, -0.25) is 4.79 Å². The van der Waals surface area contributed by atoms with Crippen molar-refractivity contribution in [2.24, 2.45) is 0 Å². The third-order valence-electron chi connectivity index (χ3n) is 4.43. The number of aryl methyl sites for hydroxylation is 1. The van der Waals surface area contributed by atoms with E-state index in [1.807, 2.05) is 40.7 Å². The predicted octanol–water partition coefficient (Wildman–Crippen LogP) is 4.14. The van der Waals surface area contributed by atoms with Crippen LogP contribution in [0.3, 0.4) is 0 Å². The first-order chi connectivity index (χ1) is 13.2. The minimum Gasteiger partial charge on any atom is -0.491 e. The van der Waals surface area contributed by atoms with E-state index in [4.69, 9.17) is 14.2 Å². The Morgan fingerprint density at radius 3 is 2.29 bits per heavy atom. The second-order valence-electron chi connectivity index (χ2n) is 7.15. The van der Waals surface area contributed by atoms with Gasteiger partial charge in [0.25, 0.3) is 0 Å². The third kappa shape index (κ3) is 5.23. The van der Waals surface area contributed by atoms with Crippen LogP contribution in [0.2, 0.25) is 0 Å². The molecule has 0 amide bonds. The molecular weight excluding hydrogens is 358 g/mol. The molecule has 1 atom stereocenters. The van der Waals surface area contributed by atoms with Gasteiger partial charge in [0, 0.05) is 24.1 Å². The Hall–Kier alpha value is -2.60. The molecule has 0 radical (unpaired) electrons. The molecule has 6 nitrogen and oxygen atoms in total. The van der Waals surface area contributed by atoms with Crippen molar-refractivity contribution >= 4 is 11.8 Å². The van der Waals surface area contributed by atoms with Crippen molar-refractivity contribution < 1.29 is 23.8 Å². The van der Waals surface area contributed by atoms with E-state index in [0.29, 0.717) is 23.5 Å². The summed E-state index contributed by atoms with van der Waals surface area (Å²) in [4.78, 5) is 24.8. The number of esters is 1. The van der Waals surface area contributed by atoms with E-state index in [2.05, 4.69) is 4.57 Å². The average Bonchev–Trinajstić information content (AvgIpc) is 2.94. The molecule has 6 heteroatoms. The molecule has 0 N–H and O–H groups in total. The number of Topliss-reactive ketones (excluding diaryl/α,β-unsaturated/α-hetero) is 1. The van der Waals surface area contributed by atoms with Gasteiger partial charge >= 0.3 is 5.97 Å². The van der Waals surface area contributed by atoms with Gasteiger partial charge in [-0.05, 0) is 65.0 Å². The number of aromatic nitrogens is 1. The lowest BCUT2D eigenvalue weighted by atomic mass is 10.1. The van der Waals surface area contributed by atoms with E-state index in [0.717, 1.165) is 11.4 Å². The van der Waals surface area contributed by atoms with Gasteiger partial charge in [0.05, 0.1) is 24.3 Å². The van der Waals surface area contributed by atoms with Crippen LogP contribution in [-0.2, 0) is 9.47 Å². The number of ether oxygens (including phenoxy) is 3. The van der Waals surface area contributed by atoms with Crippen molar-refractivity contribution in [1.29, 1.82) is 0 Å². The summed E-state index contributed by atoms with van der Waals surface area (Å²) >= 11 is 0. The molecule has 1 aromatic carbocycles. The second kappa shape index (κ2) is 9.55. The quantitative estimate of drug-likeness (QED) is 0.478. The smallest absolute Gasteiger partial charge is 0.338 e. The summed E-state index contributed by atoms with van der Waals surface area (Å²) in [6.45, 7) is 9.98.